The molecule has 236 valence electrons. The lowest BCUT2D eigenvalue weighted by Gasteiger charge is -2.23. The monoisotopic (exact) mass is 643 g/mol. The van der Waals surface area contributed by atoms with Crippen LogP contribution in [0.1, 0.15) is 28.8 Å². The van der Waals surface area contributed by atoms with Crippen LogP contribution in [0.5, 0.6) is 5.75 Å². The third-order valence-corrected chi connectivity index (χ3v) is 9.73. The van der Waals surface area contributed by atoms with E-state index in [9.17, 15) is 0 Å². The van der Waals surface area contributed by atoms with Gasteiger partial charge in [-0.2, -0.15) is 0 Å². The molecule has 4 heterocycles. The van der Waals surface area contributed by atoms with Crippen LogP contribution in [-0.2, 0) is 0 Å². The highest BCUT2D eigenvalue weighted by Gasteiger charge is 2.42. The van der Waals surface area contributed by atoms with E-state index in [1.54, 1.807) is 6.20 Å². The first kappa shape index (κ1) is 28.4. The largest absolute Gasteiger partial charge is 0.484 e. The Kier molecular flexibility index (Phi) is 6.52. The Balaban J connectivity index is 1.23. The van der Waals surface area contributed by atoms with Crippen molar-refractivity contribution in [1.82, 2.24) is 24.5 Å². The molecule has 0 bridgehead atoms. The summed E-state index contributed by atoms with van der Waals surface area (Å²) in [4.78, 5) is 19.9. The normalized spacial score (nSPS) is 15.7. The number of nitrogens with zero attached hydrogens (tertiary/aromatic N) is 5. The second-order valence-electron chi connectivity index (χ2n) is 12.6. The van der Waals surface area contributed by atoms with E-state index in [0.717, 1.165) is 56.0 Å². The number of rotatable bonds is 5. The lowest BCUT2D eigenvalue weighted by molar-refractivity contribution is 0.224. The maximum Gasteiger partial charge on any atom is 0.165 e. The zero-order valence-electron chi connectivity index (χ0n) is 26.9. The van der Waals surface area contributed by atoms with Crippen LogP contribution in [0.25, 0.3) is 68.0 Å². The summed E-state index contributed by atoms with van der Waals surface area (Å²) in [5.74, 6) is 2.60. The van der Waals surface area contributed by atoms with Gasteiger partial charge in [-0.15, -0.1) is 0 Å². The van der Waals surface area contributed by atoms with Gasteiger partial charge in [0, 0.05) is 62.8 Å². The van der Waals surface area contributed by atoms with Gasteiger partial charge in [-0.1, -0.05) is 109 Å². The highest BCUT2D eigenvalue weighted by Crippen LogP contribution is 2.56. The molecule has 2 unspecified atom stereocenters. The van der Waals surface area contributed by atoms with Gasteiger partial charge in [-0.05, 0) is 48.0 Å². The number of ether oxygens (including phenoxy) is 1. The highest BCUT2D eigenvalue weighted by molar-refractivity contribution is 5.93. The lowest BCUT2D eigenvalue weighted by atomic mass is 9.81. The van der Waals surface area contributed by atoms with Gasteiger partial charge in [0.05, 0.1) is 11.2 Å². The molecule has 0 saturated heterocycles. The summed E-state index contributed by atoms with van der Waals surface area (Å²) in [7, 11) is 0. The number of aromatic nitrogens is 5. The van der Waals surface area contributed by atoms with Crippen molar-refractivity contribution in [3.05, 3.63) is 175 Å². The summed E-state index contributed by atoms with van der Waals surface area (Å²) in [6, 6.07) is 47.6. The Morgan fingerprint density at radius 1 is 0.560 bits per heavy atom. The van der Waals surface area contributed by atoms with Gasteiger partial charge in [0.2, 0.25) is 0 Å². The summed E-state index contributed by atoms with van der Waals surface area (Å²) in [6.07, 6.45) is 8.03. The maximum absolute atomic E-state index is 7.03. The standard InChI is InChI=1S/C44H29N5O/c1-4-13-28(14-5-1)42-46-43(29-15-6-2-7-16-29)48-44(47-42)40-32(30-17-12-26-45-27-30)23-25-37-39(40)34-22-24-36-38(41(34)50-37)33-20-10-11-21-35(33)49(36)31-18-8-3-9-19-31/h1-27,34,41H. The van der Waals surface area contributed by atoms with Crippen LogP contribution in [0.2, 0.25) is 0 Å². The van der Waals surface area contributed by atoms with E-state index in [1.807, 2.05) is 72.9 Å². The molecule has 1 aliphatic carbocycles. The molecule has 1 aliphatic heterocycles. The number of pyridine rings is 1. The minimum absolute atomic E-state index is 0.0729. The van der Waals surface area contributed by atoms with Crippen LogP contribution in [-0.4, -0.2) is 24.5 Å². The summed E-state index contributed by atoms with van der Waals surface area (Å²) in [5, 5.41) is 1.19. The number of para-hydroxylation sites is 2. The van der Waals surface area contributed by atoms with Crippen molar-refractivity contribution in [1.29, 1.82) is 0 Å². The lowest BCUT2D eigenvalue weighted by Crippen LogP contribution is -2.14. The third kappa shape index (κ3) is 4.49. The molecule has 2 aliphatic rings. The van der Waals surface area contributed by atoms with Gasteiger partial charge in [0.15, 0.2) is 17.5 Å². The van der Waals surface area contributed by atoms with Gasteiger partial charge in [-0.3, -0.25) is 4.98 Å². The van der Waals surface area contributed by atoms with E-state index in [1.165, 1.54) is 10.9 Å². The van der Waals surface area contributed by atoms with E-state index in [0.29, 0.717) is 17.5 Å². The van der Waals surface area contributed by atoms with Crippen molar-refractivity contribution in [3.63, 3.8) is 0 Å². The van der Waals surface area contributed by atoms with Crippen molar-refractivity contribution in [2.24, 2.45) is 0 Å². The van der Waals surface area contributed by atoms with E-state index in [2.05, 4.69) is 94.5 Å². The van der Waals surface area contributed by atoms with Crippen LogP contribution >= 0.6 is 0 Å². The molecule has 0 radical (unpaired) electrons. The Bertz CT molecular complexity index is 2510. The van der Waals surface area contributed by atoms with Crippen molar-refractivity contribution < 1.29 is 4.74 Å². The van der Waals surface area contributed by atoms with Gasteiger partial charge < -0.3 is 9.30 Å². The number of fused-ring (bicyclic) bond motifs is 7. The third-order valence-electron chi connectivity index (χ3n) is 9.73. The second kappa shape index (κ2) is 11.5. The van der Waals surface area contributed by atoms with E-state index >= 15 is 0 Å². The molecule has 0 N–H and O–H groups in total. The molecule has 0 spiro atoms. The van der Waals surface area contributed by atoms with E-state index < -0.39 is 0 Å². The molecule has 3 aromatic heterocycles. The van der Waals surface area contributed by atoms with Crippen molar-refractivity contribution in [2.45, 2.75) is 12.0 Å². The molecule has 50 heavy (non-hydrogen) atoms. The number of hydrogen-bond acceptors (Lipinski definition) is 5. The van der Waals surface area contributed by atoms with Crippen molar-refractivity contribution in [3.8, 4) is 56.7 Å². The summed E-state index contributed by atoms with van der Waals surface area (Å²) < 4.78 is 9.37. The smallest absolute Gasteiger partial charge is 0.165 e. The molecule has 8 aromatic rings. The molecule has 0 saturated carbocycles. The fourth-order valence-electron chi connectivity index (χ4n) is 7.55. The SMILES string of the molecule is C1=CC2c3c(ccc(-c4cccnc4)c3-c3nc(-c4ccccc4)nc(-c4ccccc4)n3)OC2c2c1n(-c1ccccc1)c1ccccc21. The zero-order valence-corrected chi connectivity index (χ0v) is 26.9. The Morgan fingerprint density at radius 2 is 1.20 bits per heavy atom. The number of benzene rings is 5. The molecule has 0 amide bonds. The van der Waals surface area contributed by atoms with Crippen molar-refractivity contribution in [2.75, 3.05) is 0 Å². The van der Waals surface area contributed by atoms with Crippen LogP contribution in [0, 0.1) is 0 Å². The van der Waals surface area contributed by atoms with Gasteiger partial charge >= 0.3 is 0 Å². The average molecular weight is 644 g/mol. The first-order valence-corrected chi connectivity index (χ1v) is 16.8. The van der Waals surface area contributed by atoms with E-state index in [4.69, 9.17) is 19.7 Å². The van der Waals surface area contributed by atoms with Gasteiger partial charge in [0.25, 0.3) is 0 Å². The fourth-order valence-corrected chi connectivity index (χ4v) is 7.55. The molecular formula is C44H29N5O. The predicted molar refractivity (Wildman–Crippen MR) is 198 cm³/mol. The van der Waals surface area contributed by atoms with Crippen LogP contribution in [0.3, 0.4) is 0 Å². The molecule has 6 nitrogen and oxygen atoms in total. The maximum atomic E-state index is 7.03. The molecule has 2 atom stereocenters. The fraction of sp³-hybridized carbons (Fsp3) is 0.0455. The molecular weight excluding hydrogens is 615 g/mol. The zero-order chi connectivity index (χ0) is 33.0. The molecule has 0 fully saturated rings. The highest BCUT2D eigenvalue weighted by atomic mass is 16.5. The summed E-state index contributed by atoms with van der Waals surface area (Å²) >= 11 is 0. The Hall–Kier alpha value is -6.66. The average Bonchev–Trinajstić information content (AvgIpc) is 3.74. The van der Waals surface area contributed by atoms with Crippen LogP contribution in [0.15, 0.2) is 158 Å². The molecule has 5 aromatic carbocycles. The predicted octanol–water partition coefficient (Wildman–Crippen LogP) is 10.1. The van der Waals surface area contributed by atoms with Crippen molar-refractivity contribution >= 4 is 17.0 Å². The Labute approximate surface area is 289 Å². The van der Waals surface area contributed by atoms with Gasteiger partial charge in [0.1, 0.15) is 11.9 Å². The minimum Gasteiger partial charge on any atom is -0.484 e. The summed E-state index contributed by atoms with van der Waals surface area (Å²) in [6.45, 7) is 0. The molecule has 6 heteroatoms. The number of hydrogen-bond donors (Lipinski definition) is 0. The first-order valence-electron chi connectivity index (χ1n) is 16.8. The Morgan fingerprint density at radius 3 is 1.90 bits per heavy atom. The second-order valence-corrected chi connectivity index (χ2v) is 12.6. The minimum atomic E-state index is -0.230. The quantitative estimate of drug-likeness (QED) is 0.187. The van der Waals surface area contributed by atoms with E-state index in [-0.39, 0.29) is 12.0 Å². The summed E-state index contributed by atoms with van der Waals surface area (Å²) in [5.41, 5.74) is 10.4. The topological polar surface area (TPSA) is 65.7 Å². The van der Waals surface area contributed by atoms with Gasteiger partial charge in [-0.25, -0.2) is 15.0 Å². The van der Waals surface area contributed by atoms with Crippen LogP contribution in [0.4, 0.5) is 0 Å². The van der Waals surface area contributed by atoms with Crippen LogP contribution < -0.4 is 4.74 Å². The molecule has 10 rings (SSSR count). The first-order chi connectivity index (χ1) is 24.8.